The van der Waals surface area contributed by atoms with Crippen molar-refractivity contribution in [3.8, 4) is 0 Å². The van der Waals surface area contributed by atoms with Crippen molar-refractivity contribution in [3.63, 3.8) is 0 Å². The highest BCUT2D eigenvalue weighted by Gasteiger charge is 2.24. The Morgan fingerprint density at radius 1 is 1.23 bits per heavy atom. The van der Waals surface area contributed by atoms with Crippen molar-refractivity contribution in [1.82, 2.24) is 15.6 Å². The molecule has 1 aliphatic rings. The van der Waals surface area contributed by atoms with E-state index in [0.29, 0.717) is 32.7 Å². The SMILES string of the molecule is CC(=O)NN(C(=O)CCCc1ccccc1)N1CCOCC1. The molecule has 2 rings (SSSR count). The van der Waals surface area contributed by atoms with Crippen molar-refractivity contribution in [3.05, 3.63) is 35.9 Å². The molecular formula is C16H23N3O3. The van der Waals surface area contributed by atoms with E-state index in [4.69, 9.17) is 4.74 Å². The summed E-state index contributed by atoms with van der Waals surface area (Å²) in [5, 5.41) is 3.19. The topological polar surface area (TPSA) is 61.9 Å². The third-order valence-corrected chi connectivity index (χ3v) is 3.47. The zero-order valence-corrected chi connectivity index (χ0v) is 13.0. The van der Waals surface area contributed by atoms with Gasteiger partial charge in [-0.1, -0.05) is 30.3 Å². The molecule has 1 saturated heterocycles. The molecule has 1 aromatic rings. The summed E-state index contributed by atoms with van der Waals surface area (Å²) >= 11 is 0. The molecule has 0 saturated carbocycles. The van der Waals surface area contributed by atoms with E-state index >= 15 is 0 Å². The van der Waals surface area contributed by atoms with Crippen molar-refractivity contribution < 1.29 is 14.3 Å². The third-order valence-electron chi connectivity index (χ3n) is 3.47. The van der Waals surface area contributed by atoms with Crippen LogP contribution in [0.4, 0.5) is 0 Å². The maximum Gasteiger partial charge on any atom is 0.256 e. The number of amides is 2. The van der Waals surface area contributed by atoms with Crippen LogP contribution in [0.3, 0.4) is 0 Å². The Balaban J connectivity index is 1.86. The zero-order valence-electron chi connectivity index (χ0n) is 13.0. The molecule has 1 heterocycles. The fourth-order valence-electron chi connectivity index (χ4n) is 2.39. The van der Waals surface area contributed by atoms with Crippen molar-refractivity contribution in [2.24, 2.45) is 0 Å². The van der Waals surface area contributed by atoms with E-state index in [1.165, 1.54) is 17.6 Å². The number of hydrogen-bond donors (Lipinski definition) is 1. The van der Waals surface area contributed by atoms with E-state index in [1.807, 2.05) is 23.2 Å². The minimum atomic E-state index is -0.247. The molecule has 6 nitrogen and oxygen atoms in total. The highest BCUT2D eigenvalue weighted by atomic mass is 16.5. The van der Waals surface area contributed by atoms with Crippen LogP contribution in [-0.4, -0.2) is 48.2 Å². The summed E-state index contributed by atoms with van der Waals surface area (Å²) in [5.41, 5.74) is 3.83. The molecular weight excluding hydrogens is 282 g/mol. The lowest BCUT2D eigenvalue weighted by Gasteiger charge is -2.36. The number of rotatable bonds is 5. The first kappa shape index (κ1) is 16.5. The van der Waals surface area contributed by atoms with Gasteiger partial charge < -0.3 is 4.74 Å². The number of nitrogens with one attached hydrogen (secondary N) is 1. The smallest absolute Gasteiger partial charge is 0.256 e. The Bertz CT molecular complexity index is 487. The summed E-state index contributed by atoms with van der Waals surface area (Å²) in [5.74, 6) is -0.337. The Morgan fingerprint density at radius 3 is 2.55 bits per heavy atom. The maximum absolute atomic E-state index is 12.4. The summed E-state index contributed by atoms with van der Waals surface area (Å²) in [6.07, 6.45) is 2.00. The summed E-state index contributed by atoms with van der Waals surface area (Å²) in [7, 11) is 0. The van der Waals surface area contributed by atoms with Crippen LogP contribution in [0.2, 0.25) is 0 Å². The normalized spacial score (nSPS) is 15.3. The van der Waals surface area contributed by atoms with E-state index in [2.05, 4.69) is 17.6 Å². The first-order chi connectivity index (χ1) is 10.7. The minimum Gasteiger partial charge on any atom is -0.379 e. The van der Waals surface area contributed by atoms with E-state index < -0.39 is 0 Å². The van der Waals surface area contributed by atoms with Crippen LogP contribution in [0.1, 0.15) is 25.3 Å². The lowest BCUT2D eigenvalue weighted by molar-refractivity contribution is -0.172. The number of ether oxygens (including phenoxy) is 1. The Morgan fingerprint density at radius 2 is 1.91 bits per heavy atom. The number of aryl methyl sites for hydroxylation is 1. The van der Waals surface area contributed by atoms with Crippen LogP contribution in [0, 0.1) is 0 Å². The van der Waals surface area contributed by atoms with Gasteiger partial charge in [-0.25, -0.2) is 0 Å². The van der Waals surface area contributed by atoms with Crippen molar-refractivity contribution >= 4 is 11.8 Å². The van der Waals surface area contributed by atoms with E-state index in [1.54, 1.807) is 0 Å². The van der Waals surface area contributed by atoms with Gasteiger partial charge in [-0.15, -0.1) is 0 Å². The number of hydrazine groups is 2. The highest BCUT2D eigenvalue weighted by molar-refractivity contribution is 5.80. The quantitative estimate of drug-likeness (QED) is 0.829. The van der Waals surface area contributed by atoms with Crippen molar-refractivity contribution in [2.75, 3.05) is 26.3 Å². The molecule has 1 fully saturated rings. The summed E-state index contributed by atoms with van der Waals surface area (Å²) in [6, 6.07) is 10.1. The molecule has 0 unspecified atom stereocenters. The molecule has 0 aromatic heterocycles. The lowest BCUT2D eigenvalue weighted by Crippen LogP contribution is -2.58. The molecule has 1 aromatic carbocycles. The number of carbonyl (C=O) groups is 2. The van der Waals surface area contributed by atoms with Gasteiger partial charge in [0.15, 0.2) is 0 Å². The summed E-state index contributed by atoms with van der Waals surface area (Å²) < 4.78 is 5.28. The first-order valence-electron chi connectivity index (χ1n) is 7.63. The molecule has 0 atom stereocenters. The average Bonchev–Trinajstić information content (AvgIpc) is 2.54. The largest absolute Gasteiger partial charge is 0.379 e. The Hall–Kier alpha value is -1.92. The molecule has 1 aliphatic heterocycles. The van der Waals surface area contributed by atoms with Gasteiger partial charge in [-0.2, -0.15) is 10.1 Å². The van der Waals surface area contributed by atoms with Crippen LogP contribution < -0.4 is 5.43 Å². The van der Waals surface area contributed by atoms with Crippen LogP contribution in [0.25, 0.3) is 0 Å². The number of morpholine rings is 1. The third kappa shape index (κ3) is 5.13. The Kier molecular flexibility index (Phi) is 6.36. The van der Waals surface area contributed by atoms with Gasteiger partial charge in [0, 0.05) is 26.4 Å². The minimum absolute atomic E-state index is 0.0898. The van der Waals surface area contributed by atoms with Gasteiger partial charge >= 0.3 is 0 Å². The first-order valence-corrected chi connectivity index (χ1v) is 7.63. The fraction of sp³-hybridized carbons (Fsp3) is 0.500. The molecule has 22 heavy (non-hydrogen) atoms. The van der Waals surface area contributed by atoms with Crippen LogP contribution in [0.5, 0.6) is 0 Å². The fourth-order valence-corrected chi connectivity index (χ4v) is 2.39. The second kappa shape index (κ2) is 8.51. The molecule has 2 amide bonds. The molecule has 0 bridgehead atoms. The molecule has 6 heteroatoms. The van der Waals surface area contributed by atoms with Gasteiger partial charge in [0.1, 0.15) is 0 Å². The van der Waals surface area contributed by atoms with Crippen LogP contribution in [0.15, 0.2) is 30.3 Å². The van der Waals surface area contributed by atoms with Crippen LogP contribution in [-0.2, 0) is 20.7 Å². The lowest BCUT2D eigenvalue weighted by atomic mass is 10.1. The van der Waals surface area contributed by atoms with E-state index in [-0.39, 0.29) is 11.8 Å². The van der Waals surface area contributed by atoms with Gasteiger partial charge in [0.05, 0.1) is 13.2 Å². The molecule has 0 spiro atoms. The number of hydrogen-bond acceptors (Lipinski definition) is 4. The number of nitrogens with zero attached hydrogens (tertiary/aromatic N) is 2. The predicted molar refractivity (Wildman–Crippen MR) is 82.4 cm³/mol. The predicted octanol–water partition coefficient (Wildman–Crippen LogP) is 1.14. The second-order valence-electron chi connectivity index (χ2n) is 5.28. The molecule has 120 valence electrons. The van der Waals surface area contributed by atoms with Gasteiger partial charge in [0.25, 0.3) is 5.91 Å². The van der Waals surface area contributed by atoms with Crippen LogP contribution >= 0.6 is 0 Å². The average molecular weight is 305 g/mol. The highest BCUT2D eigenvalue weighted by Crippen LogP contribution is 2.08. The standard InChI is InChI=1S/C16H23N3O3/c1-14(20)17-19(18-10-12-22-13-11-18)16(21)9-5-8-15-6-3-2-4-7-15/h2-4,6-7H,5,8-13H2,1H3,(H,17,20). The van der Waals surface area contributed by atoms with Crippen molar-refractivity contribution in [2.45, 2.75) is 26.2 Å². The van der Waals surface area contributed by atoms with Gasteiger partial charge in [-0.05, 0) is 18.4 Å². The monoisotopic (exact) mass is 305 g/mol. The van der Waals surface area contributed by atoms with Gasteiger partial charge in [-0.3, -0.25) is 15.0 Å². The Labute approximate surface area is 131 Å². The summed E-state index contributed by atoms with van der Waals surface area (Å²) in [4.78, 5) is 23.7. The van der Waals surface area contributed by atoms with Gasteiger partial charge in [0.2, 0.25) is 5.91 Å². The van der Waals surface area contributed by atoms with Crippen molar-refractivity contribution in [1.29, 1.82) is 0 Å². The number of benzene rings is 1. The zero-order chi connectivity index (χ0) is 15.8. The molecule has 0 radical (unpaired) electrons. The second-order valence-corrected chi connectivity index (χ2v) is 5.28. The molecule has 1 N–H and O–H groups in total. The van der Waals surface area contributed by atoms with E-state index in [9.17, 15) is 9.59 Å². The number of carbonyl (C=O) groups excluding carboxylic acids is 2. The summed E-state index contributed by atoms with van der Waals surface area (Å²) in [6.45, 7) is 3.74. The molecule has 0 aliphatic carbocycles. The maximum atomic E-state index is 12.4. The van der Waals surface area contributed by atoms with E-state index in [0.717, 1.165) is 12.8 Å².